The molecular formula is C19H25FN4O2. The molecule has 2 N–H and O–H groups in total. The quantitative estimate of drug-likeness (QED) is 0.709. The van der Waals surface area contributed by atoms with Crippen molar-refractivity contribution in [3.8, 4) is 11.3 Å². The highest BCUT2D eigenvalue weighted by molar-refractivity contribution is 5.66. The van der Waals surface area contributed by atoms with E-state index in [0.29, 0.717) is 36.9 Å². The fourth-order valence-electron chi connectivity index (χ4n) is 2.94. The van der Waals surface area contributed by atoms with Crippen molar-refractivity contribution < 1.29 is 13.9 Å². The number of aryl methyl sites for hydroxylation is 1. The number of amides is 1. The second-order valence-electron chi connectivity index (χ2n) is 6.57. The largest absolute Gasteiger partial charge is 0.453 e. The molecule has 0 aliphatic heterocycles. The van der Waals surface area contributed by atoms with Gasteiger partial charge in [0.2, 0.25) is 0 Å². The molecule has 6 nitrogen and oxygen atoms in total. The molecule has 0 radical (unpaired) electrons. The summed E-state index contributed by atoms with van der Waals surface area (Å²) in [4.78, 5) is 11.1. The van der Waals surface area contributed by atoms with E-state index in [1.54, 1.807) is 4.68 Å². The van der Waals surface area contributed by atoms with Crippen molar-refractivity contribution in [2.45, 2.75) is 44.8 Å². The third-order valence-electron chi connectivity index (χ3n) is 4.44. The second kappa shape index (κ2) is 8.31. The highest BCUT2D eigenvalue weighted by atomic mass is 19.1. The molecule has 1 aromatic heterocycles. The summed E-state index contributed by atoms with van der Waals surface area (Å²) in [6.45, 7) is 2.89. The molecule has 1 unspecified atom stereocenters. The number of aromatic nitrogens is 2. The van der Waals surface area contributed by atoms with Crippen LogP contribution in [-0.4, -0.2) is 35.6 Å². The molecule has 1 aromatic carbocycles. The molecule has 140 valence electrons. The van der Waals surface area contributed by atoms with Crippen LogP contribution in [-0.2, 0) is 11.3 Å². The van der Waals surface area contributed by atoms with Crippen LogP contribution in [0.3, 0.4) is 0 Å². The number of hydrogen-bond acceptors (Lipinski definition) is 4. The van der Waals surface area contributed by atoms with Crippen molar-refractivity contribution >= 4 is 6.09 Å². The number of nitrogens with zero attached hydrogens (tertiary/aromatic N) is 2. The first-order chi connectivity index (χ1) is 12.6. The molecule has 3 rings (SSSR count). The number of halogens is 1. The maximum Gasteiger partial charge on any atom is 0.406 e. The molecule has 0 spiro atoms. The van der Waals surface area contributed by atoms with Gasteiger partial charge in [0.05, 0.1) is 13.2 Å². The van der Waals surface area contributed by atoms with E-state index in [9.17, 15) is 4.79 Å². The Hall–Kier alpha value is -2.41. The molecular weight excluding hydrogens is 335 g/mol. The summed E-state index contributed by atoms with van der Waals surface area (Å²) in [5, 5.41) is 10.6. The summed E-state index contributed by atoms with van der Waals surface area (Å²) >= 11 is 0. The van der Waals surface area contributed by atoms with Crippen molar-refractivity contribution in [3.05, 3.63) is 41.8 Å². The average molecular weight is 360 g/mol. The molecule has 1 amide bonds. The average Bonchev–Trinajstić information content (AvgIpc) is 3.40. The maximum absolute atomic E-state index is 15.2. The van der Waals surface area contributed by atoms with E-state index in [4.69, 9.17) is 0 Å². The summed E-state index contributed by atoms with van der Waals surface area (Å²) in [6, 6.07) is 9.77. The predicted octanol–water partition coefficient (Wildman–Crippen LogP) is 3.25. The molecule has 1 fully saturated rings. The first-order valence-electron chi connectivity index (χ1n) is 8.99. The van der Waals surface area contributed by atoms with Gasteiger partial charge >= 0.3 is 6.09 Å². The van der Waals surface area contributed by atoms with E-state index in [1.807, 2.05) is 37.3 Å². The van der Waals surface area contributed by atoms with Crippen molar-refractivity contribution in [3.63, 3.8) is 0 Å². The lowest BCUT2D eigenvalue weighted by molar-refractivity contribution is 0.170. The molecule has 0 bridgehead atoms. The Labute approximate surface area is 152 Å². The number of carbonyl (C=O) groups excluding carboxylic acids is 1. The van der Waals surface area contributed by atoms with Crippen LogP contribution >= 0.6 is 0 Å². The Kier molecular flexibility index (Phi) is 5.88. The maximum atomic E-state index is 15.2. The lowest BCUT2D eigenvalue weighted by Gasteiger charge is -2.10. The third-order valence-corrected chi connectivity index (χ3v) is 4.44. The number of hydrogen-bond donors (Lipinski definition) is 2. The number of benzene rings is 1. The minimum atomic E-state index is -0.470. The van der Waals surface area contributed by atoms with Crippen LogP contribution in [0.5, 0.6) is 0 Å². The number of nitrogens with one attached hydrogen (secondary N) is 2. The SMILES string of the molecule is COC(=O)NCCCn1nc(C(C)NC2CC2)c(F)c1-c1ccccc1. The van der Waals surface area contributed by atoms with Gasteiger partial charge in [0, 0.05) is 24.7 Å². The van der Waals surface area contributed by atoms with E-state index in [0.717, 1.165) is 18.4 Å². The normalized spacial score (nSPS) is 14.9. The Morgan fingerprint density at radius 2 is 2.12 bits per heavy atom. The molecule has 1 aliphatic rings. The summed E-state index contributed by atoms with van der Waals surface area (Å²) < 4.78 is 21.4. The van der Waals surface area contributed by atoms with E-state index in [1.165, 1.54) is 7.11 Å². The third kappa shape index (κ3) is 4.40. The minimum Gasteiger partial charge on any atom is -0.453 e. The predicted molar refractivity (Wildman–Crippen MR) is 97.2 cm³/mol. The first-order valence-corrected chi connectivity index (χ1v) is 8.99. The first kappa shape index (κ1) is 18.4. The zero-order valence-corrected chi connectivity index (χ0v) is 15.2. The van der Waals surface area contributed by atoms with Gasteiger partial charge in [-0.3, -0.25) is 4.68 Å². The summed E-state index contributed by atoms with van der Waals surface area (Å²) in [5.74, 6) is -0.280. The van der Waals surface area contributed by atoms with Gasteiger partial charge in [-0.2, -0.15) is 5.10 Å². The molecule has 26 heavy (non-hydrogen) atoms. The number of alkyl carbamates (subject to hydrolysis) is 1. The lowest BCUT2D eigenvalue weighted by atomic mass is 10.1. The smallest absolute Gasteiger partial charge is 0.406 e. The van der Waals surface area contributed by atoms with Crippen molar-refractivity contribution in [1.29, 1.82) is 0 Å². The zero-order valence-electron chi connectivity index (χ0n) is 15.2. The summed E-state index contributed by atoms with van der Waals surface area (Å²) in [5.41, 5.74) is 1.73. The van der Waals surface area contributed by atoms with Gasteiger partial charge in [-0.05, 0) is 26.2 Å². The molecule has 0 saturated heterocycles. The van der Waals surface area contributed by atoms with Crippen molar-refractivity contribution in [2.24, 2.45) is 0 Å². The molecule has 1 atom stereocenters. The number of rotatable bonds is 8. The minimum absolute atomic E-state index is 0.139. The van der Waals surface area contributed by atoms with Crippen LogP contribution in [0.4, 0.5) is 9.18 Å². The molecule has 7 heteroatoms. The van der Waals surface area contributed by atoms with E-state index >= 15 is 4.39 Å². The highest BCUT2D eigenvalue weighted by Crippen LogP contribution is 2.30. The second-order valence-corrected chi connectivity index (χ2v) is 6.57. The zero-order chi connectivity index (χ0) is 18.5. The van der Waals surface area contributed by atoms with Crippen LogP contribution < -0.4 is 10.6 Å². The standard InChI is InChI=1S/C19H25FN4O2/c1-13(22-15-9-10-15)17-16(20)18(14-7-4-3-5-8-14)24(23-17)12-6-11-21-19(25)26-2/h3-5,7-8,13,15,22H,6,9-12H2,1-2H3,(H,21,25). The molecule has 1 heterocycles. The number of carbonyl (C=O) groups is 1. The van der Waals surface area contributed by atoms with Crippen LogP contribution in [0.2, 0.25) is 0 Å². The fraction of sp³-hybridized carbons (Fsp3) is 0.474. The number of methoxy groups -OCH3 is 1. The van der Waals surface area contributed by atoms with Gasteiger partial charge in [0.25, 0.3) is 0 Å². The van der Waals surface area contributed by atoms with Gasteiger partial charge in [0.15, 0.2) is 5.82 Å². The molecule has 1 aliphatic carbocycles. The highest BCUT2D eigenvalue weighted by Gasteiger charge is 2.28. The van der Waals surface area contributed by atoms with Gasteiger partial charge < -0.3 is 15.4 Å². The van der Waals surface area contributed by atoms with Gasteiger partial charge in [0.1, 0.15) is 11.4 Å². The van der Waals surface area contributed by atoms with Crippen LogP contribution in [0, 0.1) is 5.82 Å². The molecule has 2 aromatic rings. The number of ether oxygens (including phenoxy) is 1. The molecule has 1 saturated carbocycles. The summed E-state index contributed by atoms with van der Waals surface area (Å²) in [7, 11) is 1.33. The Bertz CT molecular complexity index is 743. The van der Waals surface area contributed by atoms with E-state index < -0.39 is 6.09 Å². The van der Waals surface area contributed by atoms with Gasteiger partial charge in [-0.15, -0.1) is 0 Å². The van der Waals surface area contributed by atoms with Crippen molar-refractivity contribution in [2.75, 3.05) is 13.7 Å². The Morgan fingerprint density at radius 1 is 1.38 bits per heavy atom. The van der Waals surface area contributed by atoms with Gasteiger partial charge in [-0.25, -0.2) is 9.18 Å². The van der Waals surface area contributed by atoms with Crippen molar-refractivity contribution in [1.82, 2.24) is 20.4 Å². The van der Waals surface area contributed by atoms with Crippen LogP contribution in [0.15, 0.2) is 30.3 Å². The van der Waals surface area contributed by atoms with Crippen LogP contribution in [0.1, 0.15) is 37.9 Å². The fourth-order valence-corrected chi connectivity index (χ4v) is 2.94. The van der Waals surface area contributed by atoms with E-state index in [2.05, 4.69) is 20.5 Å². The monoisotopic (exact) mass is 360 g/mol. The summed E-state index contributed by atoms with van der Waals surface area (Å²) in [6.07, 6.45) is 2.43. The lowest BCUT2D eigenvalue weighted by Crippen LogP contribution is -2.25. The Balaban J connectivity index is 1.79. The topological polar surface area (TPSA) is 68.2 Å². The van der Waals surface area contributed by atoms with Gasteiger partial charge in [-0.1, -0.05) is 30.3 Å². The Morgan fingerprint density at radius 3 is 2.77 bits per heavy atom. The van der Waals surface area contributed by atoms with E-state index in [-0.39, 0.29) is 11.9 Å². The van der Waals surface area contributed by atoms with Crippen LogP contribution in [0.25, 0.3) is 11.3 Å².